The fourth-order valence-electron chi connectivity index (χ4n) is 1.61. The second-order valence-corrected chi connectivity index (χ2v) is 4.14. The SMILES string of the molecule is C[C@@H](NC(CCc1ccccc1)C(=O)O)C(=O)O. The van der Waals surface area contributed by atoms with Crippen LogP contribution in [0.3, 0.4) is 0 Å². The summed E-state index contributed by atoms with van der Waals surface area (Å²) in [5.74, 6) is -2.08. The van der Waals surface area contributed by atoms with Crippen LogP contribution in [0.5, 0.6) is 0 Å². The molecule has 0 aliphatic carbocycles. The minimum absolute atomic E-state index is 0.358. The van der Waals surface area contributed by atoms with Crippen molar-refractivity contribution in [3.8, 4) is 0 Å². The molecule has 0 bridgehead atoms. The van der Waals surface area contributed by atoms with E-state index in [2.05, 4.69) is 5.32 Å². The lowest BCUT2D eigenvalue weighted by molar-refractivity contribution is -0.142. The normalized spacial score (nSPS) is 13.8. The third-order valence-electron chi connectivity index (χ3n) is 2.68. The van der Waals surface area contributed by atoms with E-state index in [1.165, 1.54) is 6.92 Å². The van der Waals surface area contributed by atoms with Gasteiger partial charge in [-0.2, -0.15) is 0 Å². The summed E-state index contributed by atoms with van der Waals surface area (Å²) < 4.78 is 0. The Morgan fingerprint density at radius 2 is 1.78 bits per heavy atom. The van der Waals surface area contributed by atoms with Crippen LogP contribution in [0.25, 0.3) is 0 Å². The van der Waals surface area contributed by atoms with Crippen molar-refractivity contribution in [1.29, 1.82) is 0 Å². The maximum Gasteiger partial charge on any atom is 0.320 e. The standard InChI is InChI=1S/C13H17NO4/c1-9(12(15)16)14-11(13(17)18)8-7-10-5-3-2-4-6-10/h2-6,9,11,14H,7-8H2,1H3,(H,15,16)(H,17,18)/t9-,11?/m1/s1. The van der Waals surface area contributed by atoms with Crippen LogP contribution >= 0.6 is 0 Å². The molecule has 0 saturated heterocycles. The van der Waals surface area contributed by atoms with Gasteiger partial charge >= 0.3 is 11.9 Å². The van der Waals surface area contributed by atoms with Crippen LogP contribution in [0.4, 0.5) is 0 Å². The Kier molecular flexibility index (Phi) is 5.32. The predicted octanol–water partition coefficient (Wildman–Crippen LogP) is 1.14. The topological polar surface area (TPSA) is 86.6 Å². The molecule has 0 aromatic heterocycles. The minimum atomic E-state index is -1.05. The summed E-state index contributed by atoms with van der Waals surface area (Å²) in [5, 5.41) is 20.4. The molecule has 2 atom stereocenters. The number of nitrogens with one attached hydrogen (secondary N) is 1. The lowest BCUT2D eigenvalue weighted by Crippen LogP contribution is -2.45. The number of hydrogen-bond acceptors (Lipinski definition) is 3. The van der Waals surface area contributed by atoms with Crippen molar-refractivity contribution >= 4 is 11.9 Å². The molecule has 1 aromatic rings. The van der Waals surface area contributed by atoms with E-state index in [1.807, 2.05) is 30.3 Å². The van der Waals surface area contributed by atoms with Gasteiger partial charge in [0, 0.05) is 0 Å². The summed E-state index contributed by atoms with van der Waals surface area (Å²) in [6.07, 6.45) is 0.952. The van der Waals surface area contributed by atoms with Crippen molar-refractivity contribution in [3.05, 3.63) is 35.9 Å². The summed E-state index contributed by atoms with van der Waals surface area (Å²) in [7, 11) is 0. The van der Waals surface area contributed by atoms with Crippen LogP contribution in [0, 0.1) is 0 Å². The van der Waals surface area contributed by atoms with Crippen molar-refractivity contribution in [2.45, 2.75) is 31.8 Å². The van der Waals surface area contributed by atoms with Crippen molar-refractivity contribution in [2.75, 3.05) is 0 Å². The molecule has 18 heavy (non-hydrogen) atoms. The van der Waals surface area contributed by atoms with Crippen molar-refractivity contribution < 1.29 is 19.8 Å². The Morgan fingerprint density at radius 1 is 1.17 bits per heavy atom. The fourth-order valence-corrected chi connectivity index (χ4v) is 1.61. The van der Waals surface area contributed by atoms with E-state index in [0.29, 0.717) is 12.8 Å². The maximum absolute atomic E-state index is 11.0. The Hall–Kier alpha value is -1.88. The first kappa shape index (κ1) is 14.2. The minimum Gasteiger partial charge on any atom is -0.480 e. The molecule has 0 saturated carbocycles. The van der Waals surface area contributed by atoms with Gasteiger partial charge in [-0.3, -0.25) is 14.9 Å². The van der Waals surface area contributed by atoms with Gasteiger partial charge in [-0.05, 0) is 25.3 Å². The first-order valence-electron chi connectivity index (χ1n) is 5.76. The van der Waals surface area contributed by atoms with Gasteiger partial charge in [-0.1, -0.05) is 30.3 Å². The average Bonchev–Trinajstić information content (AvgIpc) is 2.34. The maximum atomic E-state index is 11.0. The molecule has 5 heteroatoms. The van der Waals surface area contributed by atoms with Crippen LogP contribution in [0.2, 0.25) is 0 Å². The van der Waals surface area contributed by atoms with Crippen LogP contribution in [0.1, 0.15) is 18.9 Å². The first-order chi connectivity index (χ1) is 8.50. The number of benzene rings is 1. The monoisotopic (exact) mass is 251 g/mol. The van der Waals surface area contributed by atoms with Crippen molar-refractivity contribution in [3.63, 3.8) is 0 Å². The molecule has 0 radical (unpaired) electrons. The molecular formula is C13H17NO4. The van der Waals surface area contributed by atoms with Gasteiger partial charge in [-0.15, -0.1) is 0 Å². The summed E-state index contributed by atoms with van der Waals surface area (Å²) in [4.78, 5) is 21.7. The number of aliphatic carboxylic acids is 2. The lowest BCUT2D eigenvalue weighted by atomic mass is 10.0. The first-order valence-corrected chi connectivity index (χ1v) is 5.76. The van der Waals surface area contributed by atoms with E-state index in [0.717, 1.165) is 5.56 Å². The molecule has 1 unspecified atom stereocenters. The molecule has 5 nitrogen and oxygen atoms in total. The van der Waals surface area contributed by atoms with Gasteiger partial charge in [0.1, 0.15) is 12.1 Å². The molecule has 0 heterocycles. The third-order valence-corrected chi connectivity index (χ3v) is 2.68. The van der Waals surface area contributed by atoms with Crippen molar-refractivity contribution in [2.24, 2.45) is 0 Å². The second kappa shape index (κ2) is 6.76. The van der Waals surface area contributed by atoms with Gasteiger partial charge in [-0.25, -0.2) is 0 Å². The van der Waals surface area contributed by atoms with E-state index in [-0.39, 0.29) is 0 Å². The number of hydrogen-bond donors (Lipinski definition) is 3. The Morgan fingerprint density at radius 3 is 2.28 bits per heavy atom. The zero-order chi connectivity index (χ0) is 13.5. The molecule has 1 aromatic carbocycles. The summed E-state index contributed by atoms with van der Waals surface area (Å²) in [5.41, 5.74) is 1.04. The van der Waals surface area contributed by atoms with Crippen LogP contribution in [-0.2, 0) is 16.0 Å². The lowest BCUT2D eigenvalue weighted by Gasteiger charge is -2.17. The van der Waals surface area contributed by atoms with Crippen molar-refractivity contribution in [1.82, 2.24) is 5.32 Å². The largest absolute Gasteiger partial charge is 0.480 e. The van der Waals surface area contributed by atoms with E-state index in [9.17, 15) is 9.59 Å². The molecular weight excluding hydrogens is 234 g/mol. The molecule has 98 valence electrons. The highest BCUT2D eigenvalue weighted by atomic mass is 16.4. The van der Waals surface area contributed by atoms with E-state index >= 15 is 0 Å². The summed E-state index contributed by atoms with van der Waals surface area (Å²) in [6, 6.07) is 7.77. The summed E-state index contributed by atoms with van der Waals surface area (Å²) in [6.45, 7) is 1.43. The smallest absolute Gasteiger partial charge is 0.320 e. The molecule has 0 fully saturated rings. The number of carboxylic acid groups (broad SMARTS) is 2. The fraction of sp³-hybridized carbons (Fsp3) is 0.385. The van der Waals surface area contributed by atoms with E-state index in [4.69, 9.17) is 10.2 Å². The van der Waals surface area contributed by atoms with Gasteiger partial charge in [0.15, 0.2) is 0 Å². The zero-order valence-electron chi connectivity index (χ0n) is 10.2. The highest BCUT2D eigenvalue weighted by molar-refractivity contribution is 5.77. The van der Waals surface area contributed by atoms with E-state index in [1.54, 1.807) is 0 Å². The predicted molar refractivity (Wildman–Crippen MR) is 66.4 cm³/mol. The van der Waals surface area contributed by atoms with Gasteiger partial charge in [0.05, 0.1) is 0 Å². The number of aryl methyl sites for hydroxylation is 1. The quantitative estimate of drug-likeness (QED) is 0.676. The highest BCUT2D eigenvalue weighted by Crippen LogP contribution is 2.06. The highest BCUT2D eigenvalue weighted by Gasteiger charge is 2.22. The molecule has 1 rings (SSSR count). The second-order valence-electron chi connectivity index (χ2n) is 4.14. The van der Waals surface area contributed by atoms with Crippen LogP contribution < -0.4 is 5.32 Å². The Balaban J connectivity index is 2.53. The number of rotatable bonds is 7. The summed E-state index contributed by atoms with van der Waals surface area (Å²) >= 11 is 0. The van der Waals surface area contributed by atoms with Gasteiger partial charge < -0.3 is 10.2 Å². The number of carbonyl (C=O) groups is 2. The Labute approximate surface area is 105 Å². The van der Waals surface area contributed by atoms with Gasteiger partial charge in [0.2, 0.25) is 0 Å². The molecule has 0 spiro atoms. The van der Waals surface area contributed by atoms with E-state index < -0.39 is 24.0 Å². The molecule has 0 amide bonds. The van der Waals surface area contributed by atoms with Crippen LogP contribution in [0.15, 0.2) is 30.3 Å². The molecule has 3 N–H and O–H groups in total. The molecule has 0 aliphatic heterocycles. The number of carboxylic acids is 2. The van der Waals surface area contributed by atoms with Gasteiger partial charge in [0.25, 0.3) is 0 Å². The zero-order valence-corrected chi connectivity index (χ0v) is 10.2. The third kappa shape index (κ3) is 4.55. The Bertz CT molecular complexity index is 405. The van der Waals surface area contributed by atoms with Crippen LogP contribution in [-0.4, -0.2) is 34.2 Å². The average molecular weight is 251 g/mol. The molecule has 0 aliphatic rings.